The summed E-state index contributed by atoms with van der Waals surface area (Å²) in [6, 6.07) is 4.36. The Bertz CT molecular complexity index is 746. The minimum absolute atomic E-state index is 0.0620. The van der Waals surface area contributed by atoms with Gasteiger partial charge < -0.3 is 5.73 Å². The molecule has 0 bridgehead atoms. The lowest BCUT2D eigenvalue weighted by Gasteiger charge is -2.09. The molecule has 2 aromatic rings. The van der Waals surface area contributed by atoms with Crippen molar-refractivity contribution in [1.29, 1.82) is 0 Å². The average molecular weight is 346 g/mol. The zero-order valence-electron chi connectivity index (χ0n) is 10.7. The fourth-order valence-electron chi connectivity index (χ4n) is 1.59. The maximum absolute atomic E-state index is 12.2. The molecule has 10 heteroatoms. The van der Waals surface area contributed by atoms with Gasteiger partial charge in [-0.2, -0.15) is 0 Å². The van der Waals surface area contributed by atoms with Crippen LogP contribution in [0.5, 0.6) is 0 Å². The maximum atomic E-state index is 12.2. The average Bonchev–Trinajstić information content (AvgIpc) is 2.91. The maximum Gasteiger partial charge on any atom is 0.242 e. The molecule has 0 aliphatic heterocycles. The van der Waals surface area contributed by atoms with Crippen molar-refractivity contribution in [2.45, 2.75) is 11.4 Å². The largest absolute Gasteiger partial charge is 0.389 e. The van der Waals surface area contributed by atoms with Crippen LogP contribution in [-0.4, -0.2) is 34.9 Å². The number of sulfonamides is 1. The van der Waals surface area contributed by atoms with Crippen molar-refractivity contribution in [3.63, 3.8) is 0 Å². The van der Waals surface area contributed by atoms with E-state index in [4.69, 9.17) is 29.6 Å². The fourth-order valence-corrected chi connectivity index (χ4v) is 3.26. The lowest BCUT2D eigenvalue weighted by atomic mass is 10.2. The van der Waals surface area contributed by atoms with Gasteiger partial charge in [0.05, 0.1) is 17.8 Å². The van der Waals surface area contributed by atoms with Crippen LogP contribution in [-0.2, 0) is 16.6 Å². The summed E-state index contributed by atoms with van der Waals surface area (Å²) in [4.78, 5) is 0.0405. The molecular weight excluding hydrogens is 334 g/mol. The fraction of sp³-hybridized carbons (Fsp3) is 0.182. The number of benzene rings is 1. The number of halogens is 1. The van der Waals surface area contributed by atoms with Crippen LogP contribution in [0.15, 0.2) is 35.5 Å². The van der Waals surface area contributed by atoms with Gasteiger partial charge in [0.25, 0.3) is 0 Å². The number of nitrogens with two attached hydrogens (primary N) is 1. The van der Waals surface area contributed by atoms with Crippen molar-refractivity contribution in [2.75, 3.05) is 6.54 Å². The Hall–Kier alpha value is -1.55. The van der Waals surface area contributed by atoms with E-state index in [2.05, 4.69) is 15.0 Å². The molecule has 0 saturated carbocycles. The van der Waals surface area contributed by atoms with Crippen LogP contribution in [0.2, 0.25) is 5.02 Å². The van der Waals surface area contributed by atoms with E-state index < -0.39 is 10.0 Å². The lowest BCUT2D eigenvalue weighted by Crippen LogP contribution is -2.28. The third-order valence-corrected chi connectivity index (χ3v) is 4.79. The molecule has 112 valence electrons. The molecule has 0 amide bonds. The van der Waals surface area contributed by atoms with Gasteiger partial charge >= 0.3 is 0 Å². The monoisotopic (exact) mass is 345 g/mol. The number of nitrogens with one attached hydrogen (secondary N) is 1. The van der Waals surface area contributed by atoms with Gasteiger partial charge in [-0.15, -0.1) is 5.10 Å². The topological polar surface area (TPSA) is 103 Å². The Kier molecular flexibility index (Phi) is 4.88. The second-order valence-electron chi connectivity index (χ2n) is 4.07. The Morgan fingerprint density at radius 1 is 1.48 bits per heavy atom. The first-order valence-electron chi connectivity index (χ1n) is 5.83. The van der Waals surface area contributed by atoms with Crippen molar-refractivity contribution in [3.05, 3.63) is 41.2 Å². The van der Waals surface area contributed by atoms with Crippen molar-refractivity contribution in [1.82, 2.24) is 19.7 Å². The molecule has 1 heterocycles. The van der Waals surface area contributed by atoms with Gasteiger partial charge in [-0.1, -0.05) is 35.1 Å². The summed E-state index contributed by atoms with van der Waals surface area (Å²) in [5.74, 6) is 0. The molecule has 1 aromatic carbocycles. The normalized spacial score (nSPS) is 11.5. The van der Waals surface area contributed by atoms with Gasteiger partial charge in [0, 0.05) is 18.3 Å². The van der Waals surface area contributed by atoms with Gasteiger partial charge in [-0.25, -0.2) is 13.1 Å². The van der Waals surface area contributed by atoms with Crippen molar-refractivity contribution < 1.29 is 8.42 Å². The highest BCUT2D eigenvalue weighted by Gasteiger charge is 2.18. The molecule has 21 heavy (non-hydrogen) atoms. The van der Waals surface area contributed by atoms with Crippen LogP contribution in [0.4, 0.5) is 0 Å². The first-order valence-corrected chi connectivity index (χ1v) is 8.10. The molecule has 0 fully saturated rings. The molecular formula is C11H12ClN5O2S2. The molecule has 0 spiro atoms. The summed E-state index contributed by atoms with van der Waals surface area (Å²) in [7, 11) is -3.76. The van der Waals surface area contributed by atoms with Crippen LogP contribution in [0.1, 0.15) is 5.56 Å². The lowest BCUT2D eigenvalue weighted by molar-refractivity contribution is 0.553. The van der Waals surface area contributed by atoms with Crippen molar-refractivity contribution in [2.24, 2.45) is 5.73 Å². The molecule has 0 radical (unpaired) electrons. The standard InChI is InChI=1S/C11H12ClN5O2S2/c12-9-2-1-8(11(13)20)7-10(9)21(18,19)15-4-6-17-5-3-14-16-17/h1-3,5,7,15H,4,6H2,(H2,13,20). The van der Waals surface area contributed by atoms with E-state index >= 15 is 0 Å². The number of aromatic nitrogens is 3. The van der Waals surface area contributed by atoms with E-state index in [1.807, 2.05) is 0 Å². The molecule has 0 unspecified atom stereocenters. The quantitative estimate of drug-likeness (QED) is 0.741. The summed E-state index contributed by atoms with van der Waals surface area (Å²) in [6.45, 7) is 0.505. The molecule has 0 aliphatic rings. The Morgan fingerprint density at radius 3 is 2.86 bits per heavy atom. The second kappa shape index (κ2) is 6.48. The molecule has 7 nitrogen and oxygen atoms in total. The smallest absolute Gasteiger partial charge is 0.242 e. The third-order valence-electron chi connectivity index (χ3n) is 2.61. The Morgan fingerprint density at radius 2 is 2.24 bits per heavy atom. The highest BCUT2D eigenvalue weighted by Crippen LogP contribution is 2.22. The van der Waals surface area contributed by atoms with Crippen LogP contribution >= 0.6 is 23.8 Å². The summed E-state index contributed by atoms with van der Waals surface area (Å²) in [6.07, 6.45) is 3.14. The molecule has 0 aliphatic carbocycles. The minimum atomic E-state index is -3.76. The van der Waals surface area contributed by atoms with Gasteiger partial charge in [0.2, 0.25) is 10.0 Å². The second-order valence-corrected chi connectivity index (χ2v) is 6.66. The predicted molar refractivity (Wildman–Crippen MR) is 82.5 cm³/mol. The van der Waals surface area contributed by atoms with Gasteiger partial charge in [-0.05, 0) is 12.1 Å². The molecule has 1 aromatic heterocycles. The van der Waals surface area contributed by atoms with E-state index in [1.54, 1.807) is 12.3 Å². The summed E-state index contributed by atoms with van der Waals surface area (Å²) in [5.41, 5.74) is 5.93. The van der Waals surface area contributed by atoms with E-state index in [0.29, 0.717) is 12.1 Å². The van der Waals surface area contributed by atoms with E-state index in [0.717, 1.165) is 0 Å². The van der Waals surface area contributed by atoms with E-state index in [9.17, 15) is 8.42 Å². The number of hydrogen-bond acceptors (Lipinski definition) is 5. The number of nitrogens with zero attached hydrogens (tertiary/aromatic N) is 3. The van der Waals surface area contributed by atoms with Crippen LogP contribution in [0, 0.1) is 0 Å². The van der Waals surface area contributed by atoms with Crippen molar-refractivity contribution >= 4 is 38.8 Å². The summed E-state index contributed by atoms with van der Waals surface area (Å²) >= 11 is 10.8. The summed E-state index contributed by atoms with van der Waals surface area (Å²) < 4.78 is 28.4. The van der Waals surface area contributed by atoms with Crippen LogP contribution < -0.4 is 10.5 Å². The van der Waals surface area contributed by atoms with Crippen molar-refractivity contribution in [3.8, 4) is 0 Å². The zero-order valence-corrected chi connectivity index (χ0v) is 13.1. The third kappa shape index (κ3) is 3.97. The highest BCUT2D eigenvalue weighted by atomic mass is 35.5. The van der Waals surface area contributed by atoms with E-state index in [-0.39, 0.29) is 21.5 Å². The molecule has 0 atom stereocenters. The number of hydrogen-bond donors (Lipinski definition) is 2. The SMILES string of the molecule is NC(=S)c1ccc(Cl)c(S(=O)(=O)NCCn2ccnn2)c1. The summed E-state index contributed by atoms with van der Waals surface area (Å²) in [5, 5.41) is 7.46. The zero-order chi connectivity index (χ0) is 15.5. The van der Waals surface area contributed by atoms with Gasteiger partial charge in [-0.3, -0.25) is 4.68 Å². The molecule has 3 N–H and O–H groups in total. The van der Waals surface area contributed by atoms with Crippen LogP contribution in [0.3, 0.4) is 0 Å². The minimum Gasteiger partial charge on any atom is -0.389 e. The first kappa shape index (κ1) is 15.8. The van der Waals surface area contributed by atoms with E-state index in [1.165, 1.54) is 23.0 Å². The Balaban J connectivity index is 2.15. The highest BCUT2D eigenvalue weighted by molar-refractivity contribution is 7.89. The Labute approximate surface area is 132 Å². The first-order chi connectivity index (χ1) is 9.90. The molecule has 2 rings (SSSR count). The van der Waals surface area contributed by atoms with Crippen LogP contribution in [0.25, 0.3) is 0 Å². The number of rotatable bonds is 6. The molecule has 0 saturated heterocycles. The predicted octanol–water partition coefficient (Wildman–Crippen LogP) is 0.544. The van der Waals surface area contributed by atoms with Gasteiger partial charge in [0.1, 0.15) is 9.88 Å². The van der Waals surface area contributed by atoms with Gasteiger partial charge in [0.15, 0.2) is 0 Å². The number of thiocarbonyl (C=S) groups is 1.